The predicted molar refractivity (Wildman–Crippen MR) is 73.8 cm³/mol. The summed E-state index contributed by atoms with van der Waals surface area (Å²) in [7, 11) is 0. The molecule has 1 aromatic carbocycles. The lowest BCUT2D eigenvalue weighted by molar-refractivity contribution is -0.0465. The Bertz CT molecular complexity index is 478. The molecule has 1 saturated heterocycles. The largest absolute Gasteiger partial charge is 0.490 e. The number of nitrogens with zero attached hydrogens (tertiary/aromatic N) is 1. The summed E-state index contributed by atoms with van der Waals surface area (Å²) < 4.78 is 24.5. The Morgan fingerprint density at radius 1 is 1.55 bits per heavy atom. The Labute approximate surface area is 118 Å². The first kappa shape index (κ1) is 14.9. The van der Waals surface area contributed by atoms with Crippen LogP contribution in [0.1, 0.15) is 24.2 Å². The summed E-state index contributed by atoms with van der Waals surface area (Å²) in [6.07, 6.45) is -0.0493. The number of ether oxygens (including phenoxy) is 2. The van der Waals surface area contributed by atoms with Crippen LogP contribution >= 0.6 is 0 Å². The summed E-state index contributed by atoms with van der Waals surface area (Å²) in [6.45, 7) is 7.22. The molecule has 4 nitrogen and oxygen atoms in total. The second kappa shape index (κ2) is 6.81. The Balaban J connectivity index is 1.99. The van der Waals surface area contributed by atoms with Crippen LogP contribution in [0.15, 0.2) is 18.2 Å². The average molecular weight is 281 g/mol. The van der Waals surface area contributed by atoms with E-state index in [1.165, 1.54) is 25.1 Å². The van der Waals surface area contributed by atoms with Crippen molar-refractivity contribution in [2.24, 2.45) is 0 Å². The number of carbonyl (C=O) groups excluding carboxylic acids is 1. The molecule has 1 unspecified atom stereocenters. The fourth-order valence-electron chi connectivity index (χ4n) is 2.26. The van der Waals surface area contributed by atoms with Gasteiger partial charge < -0.3 is 9.47 Å². The molecule has 0 N–H and O–H groups in total. The molecule has 0 aliphatic carbocycles. The maximum atomic E-state index is 13.3. The van der Waals surface area contributed by atoms with E-state index in [2.05, 4.69) is 11.8 Å². The van der Waals surface area contributed by atoms with Gasteiger partial charge in [0, 0.05) is 19.2 Å². The van der Waals surface area contributed by atoms with E-state index in [0.717, 1.165) is 19.6 Å². The van der Waals surface area contributed by atoms with E-state index in [1.54, 1.807) is 0 Å². The first-order chi connectivity index (χ1) is 9.60. The molecule has 1 fully saturated rings. The van der Waals surface area contributed by atoms with E-state index < -0.39 is 5.82 Å². The molecule has 0 spiro atoms. The number of rotatable bonds is 5. The van der Waals surface area contributed by atoms with Crippen molar-refractivity contribution in [3.05, 3.63) is 29.6 Å². The van der Waals surface area contributed by atoms with Gasteiger partial charge >= 0.3 is 0 Å². The third-order valence-electron chi connectivity index (χ3n) is 3.42. The zero-order valence-corrected chi connectivity index (χ0v) is 11.9. The van der Waals surface area contributed by atoms with Crippen molar-refractivity contribution in [2.45, 2.75) is 20.0 Å². The van der Waals surface area contributed by atoms with Crippen molar-refractivity contribution in [1.82, 2.24) is 4.90 Å². The van der Waals surface area contributed by atoms with Crippen LogP contribution in [-0.4, -0.2) is 49.6 Å². The highest BCUT2D eigenvalue weighted by Gasteiger charge is 2.20. The normalized spacial score (nSPS) is 19.9. The Hall–Kier alpha value is -1.46. The molecule has 1 aliphatic heterocycles. The molecule has 2 rings (SSSR count). The zero-order chi connectivity index (χ0) is 14.5. The van der Waals surface area contributed by atoms with Gasteiger partial charge in [0.2, 0.25) is 0 Å². The van der Waals surface area contributed by atoms with Gasteiger partial charge in [0.1, 0.15) is 24.3 Å². The molecule has 1 heterocycles. The maximum absolute atomic E-state index is 13.3. The summed E-state index contributed by atoms with van der Waals surface area (Å²) in [5, 5.41) is 0. The smallest absolute Gasteiger partial charge is 0.163 e. The number of halogens is 1. The Kier molecular flexibility index (Phi) is 5.09. The van der Waals surface area contributed by atoms with Crippen LogP contribution in [0.25, 0.3) is 0 Å². The lowest BCUT2D eigenvalue weighted by atomic mass is 10.1. The second-order valence-corrected chi connectivity index (χ2v) is 4.89. The summed E-state index contributed by atoms with van der Waals surface area (Å²) in [5.74, 6) is -0.265. The second-order valence-electron chi connectivity index (χ2n) is 4.89. The Morgan fingerprint density at radius 3 is 3.05 bits per heavy atom. The molecule has 1 atom stereocenters. The molecule has 20 heavy (non-hydrogen) atoms. The molecular formula is C15H20FNO3. The highest BCUT2D eigenvalue weighted by Crippen LogP contribution is 2.21. The fraction of sp³-hybridized carbons (Fsp3) is 0.533. The lowest BCUT2D eigenvalue weighted by Crippen LogP contribution is -2.44. The minimum Gasteiger partial charge on any atom is -0.490 e. The summed E-state index contributed by atoms with van der Waals surface area (Å²) in [6, 6.07) is 3.96. The number of benzene rings is 1. The number of ketones is 1. The number of morpholine rings is 1. The van der Waals surface area contributed by atoms with Gasteiger partial charge in [-0.05, 0) is 25.6 Å². The molecule has 110 valence electrons. The molecular weight excluding hydrogens is 261 g/mol. The molecule has 1 aliphatic rings. The van der Waals surface area contributed by atoms with Crippen LogP contribution < -0.4 is 4.74 Å². The minimum atomic E-state index is -0.412. The predicted octanol–water partition coefficient (Wildman–Crippen LogP) is 2.13. The van der Waals surface area contributed by atoms with Crippen molar-refractivity contribution in [3.63, 3.8) is 0 Å². The van der Waals surface area contributed by atoms with Gasteiger partial charge in [-0.1, -0.05) is 6.92 Å². The number of Topliss-reactive ketones (excluding diaryl/α,β-unsaturated/α-hetero) is 1. The first-order valence-electron chi connectivity index (χ1n) is 6.87. The van der Waals surface area contributed by atoms with Crippen LogP contribution in [0, 0.1) is 5.82 Å². The maximum Gasteiger partial charge on any atom is 0.163 e. The van der Waals surface area contributed by atoms with Gasteiger partial charge in [-0.3, -0.25) is 9.69 Å². The summed E-state index contributed by atoms with van der Waals surface area (Å²) in [4.78, 5) is 13.8. The topological polar surface area (TPSA) is 38.8 Å². The van der Waals surface area contributed by atoms with E-state index >= 15 is 0 Å². The third-order valence-corrected chi connectivity index (χ3v) is 3.42. The number of hydrogen-bond acceptors (Lipinski definition) is 4. The minimum absolute atomic E-state index is 0.0493. The average Bonchev–Trinajstić information content (AvgIpc) is 2.45. The zero-order valence-electron chi connectivity index (χ0n) is 11.9. The van der Waals surface area contributed by atoms with E-state index in [9.17, 15) is 9.18 Å². The fourth-order valence-corrected chi connectivity index (χ4v) is 2.26. The van der Waals surface area contributed by atoms with Gasteiger partial charge in [-0.15, -0.1) is 0 Å². The molecule has 0 aromatic heterocycles. The Morgan fingerprint density at radius 2 is 2.35 bits per heavy atom. The molecule has 0 amide bonds. The third kappa shape index (κ3) is 3.77. The quantitative estimate of drug-likeness (QED) is 0.775. The van der Waals surface area contributed by atoms with Crippen LogP contribution in [0.4, 0.5) is 4.39 Å². The monoisotopic (exact) mass is 281 g/mol. The number of likely N-dealkylation sites (N-methyl/N-ethyl adjacent to an activating group) is 1. The molecule has 5 heteroatoms. The van der Waals surface area contributed by atoms with E-state index in [0.29, 0.717) is 18.8 Å². The van der Waals surface area contributed by atoms with E-state index in [4.69, 9.17) is 9.47 Å². The SMILES string of the molecule is CCN1CCOC(COc2cc(F)ccc2C(C)=O)C1. The van der Waals surface area contributed by atoms with Gasteiger partial charge in [-0.25, -0.2) is 4.39 Å². The number of hydrogen-bond donors (Lipinski definition) is 0. The first-order valence-corrected chi connectivity index (χ1v) is 6.87. The van der Waals surface area contributed by atoms with Crippen molar-refractivity contribution in [2.75, 3.05) is 32.8 Å². The van der Waals surface area contributed by atoms with Crippen molar-refractivity contribution in [1.29, 1.82) is 0 Å². The van der Waals surface area contributed by atoms with E-state index in [1.807, 2.05) is 0 Å². The molecule has 0 bridgehead atoms. The van der Waals surface area contributed by atoms with Crippen LogP contribution in [-0.2, 0) is 4.74 Å². The van der Waals surface area contributed by atoms with Crippen LogP contribution in [0.3, 0.4) is 0 Å². The number of carbonyl (C=O) groups is 1. The van der Waals surface area contributed by atoms with E-state index in [-0.39, 0.29) is 17.6 Å². The molecule has 1 aromatic rings. The van der Waals surface area contributed by atoms with Gasteiger partial charge in [-0.2, -0.15) is 0 Å². The van der Waals surface area contributed by atoms with Crippen LogP contribution in [0.5, 0.6) is 5.75 Å². The highest BCUT2D eigenvalue weighted by molar-refractivity contribution is 5.96. The molecule has 0 saturated carbocycles. The van der Waals surface area contributed by atoms with Gasteiger partial charge in [0.25, 0.3) is 0 Å². The lowest BCUT2D eigenvalue weighted by Gasteiger charge is -2.31. The van der Waals surface area contributed by atoms with Crippen molar-refractivity contribution >= 4 is 5.78 Å². The molecule has 0 radical (unpaired) electrons. The highest BCUT2D eigenvalue weighted by atomic mass is 19.1. The summed E-state index contributed by atoms with van der Waals surface area (Å²) in [5.41, 5.74) is 0.398. The van der Waals surface area contributed by atoms with Crippen LogP contribution in [0.2, 0.25) is 0 Å². The van der Waals surface area contributed by atoms with Crippen molar-refractivity contribution in [3.8, 4) is 5.75 Å². The standard InChI is InChI=1S/C15H20FNO3/c1-3-17-6-7-19-13(9-17)10-20-15-8-12(16)4-5-14(15)11(2)18/h4-5,8,13H,3,6-7,9-10H2,1-2H3. The van der Waals surface area contributed by atoms with Crippen molar-refractivity contribution < 1.29 is 18.7 Å². The summed E-state index contributed by atoms with van der Waals surface area (Å²) >= 11 is 0. The van der Waals surface area contributed by atoms with Gasteiger partial charge in [0.05, 0.1) is 12.2 Å². The van der Waals surface area contributed by atoms with Gasteiger partial charge in [0.15, 0.2) is 5.78 Å².